The third-order valence-corrected chi connectivity index (χ3v) is 7.29. The van der Waals surface area contributed by atoms with Crippen molar-refractivity contribution in [3.8, 4) is 0 Å². The zero-order chi connectivity index (χ0) is 22.9. The molecule has 2 saturated heterocycles. The molecule has 1 aliphatic carbocycles. The van der Waals surface area contributed by atoms with E-state index in [0.717, 1.165) is 61.4 Å². The van der Waals surface area contributed by atoms with Gasteiger partial charge in [0, 0.05) is 57.2 Å². The van der Waals surface area contributed by atoms with Gasteiger partial charge in [-0.05, 0) is 61.4 Å². The van der Waals surface area contributed by atoms with E-state index in [1.54, 1.807) is 6.20 Å². The molecule has 2 N–H and O–H groups in total. The third-order valence-electron chi connectivity index (χ3n) is 7.29. The predicted molar refractivity (Wildman–Crippen MR) is 141 cm³/mol. The van der Waals surface area contributed by atoms with Crippen LogP contribution < -0.4 is 10.2 Å². The molecule has 0 bridgehead atoms. The van der Waals surface area contributed by atoms with E-state index >= 15 is 0 Å². The summed E-state index contributed by atoms with van der Waals surface area (Å²) in [5, 5.41) is 12.2. The lowest BCUT2D eigenvalue weighted by molar-refractivity contribution is -0.131. The second-order valence-electron chi connectivity index (χ2n) is 9.66. The van der Waals surface area contributed by atoms with Crippen LogP contribution in [-0.2, 0) is 4.79 Å². The number of aromatic amines is 1. The van der Waals surface area contributed by atoms with Crippen molar-refractivity contribution in [3.05, 3.63) is 47.5 Å². The average Bonchev–Trinajstić information content (AvgIpc) is 3.44. The predicted octanol–water partition coefficient (Wildman–Crippen LogP) is 3.61. The molecular weight excluding hydrogens is 462 g/mol. The summed E-state index contributed by atoms with van der Waals surface area (Å²) in [6, 6.07) is 4.33. The Bertz CT molecular complexity index is 1190. The molecule has 35 heavy (non-hydrogen) atoms. The SMILES string of the molecule is Cl.O=C(C[C@@H]1CCCN1)N1CCN(c2c(C3CC3)cnc3n[nH]c(/C=C/c4cccnc4)c23)CC1. The van der Waals surface area contributed by atoms with Crippen molar-refractivity contribution in [1.29, 1.82) is 0 Å². The molecule has 0 unspecified atom stereocenters. The Balaban J connectivity index is 0.00000253. The summed E-state index contributed by atoms with van der Waals surface area (Å²) in [5.74, 6) is 0.856. The van der Waals surface area contributed by atoms with E-state index in [9.17, 15) is 4.79 Å². The molecule has 1 saturated carbocycles. The second-order valence-corrected chi connectivity index (χ2v) is 9.66. The van der Waals surface area contributed by atoms with Crippen molar-refractivity contribution in [3.63, 3.8) is 0 Å². The molecule has 0 spiro atoms. The number of amides is 1. The average molecular weight is 494 g/mol. The number of anilines is 1. The number of fused-ring (bicyclic) bond motifs is 1. The summed E-state index contributed by atoms with van der Waals surface area (Å²) < 4.78 is 0. The van der Waals surface area contributed by atoms with Gasteiger partial charge in [0.2, 0.25) is 5.91 Å². The maximum absolute atomic E-state index is 12.9. The number of carbonyl (C=O) groups is 1. The number of H-pyrrole nitrogens is 1. The molecule has 0 aromatic carbocycles. The van der Waals surface area contributed by atoms with Crippen LogP contribution in [0.1, 0.15) is 54.8 Å². The number of halogens is 1. The Morgan fingerprint density at radius 2 is 1.97 bits per heavy atom. The van der Waals surface area contributed by atoms with Crippen molar-refractivity contribution in [1.82, 2.24) is 30.4 Å². The fourth-order valence-corrected chi connectivity index (χ4v) is 5.27. The number of nitrogens with one attached hydrogen (secondary N) is 2. The van der Waals surface area contributed by atoms with E-state index in [1.807, 2.05) is 29.4 Å². The highest BCUT2D eigenvalue weighted by molar-refractivity contribution is 5.99. The van der Waals surface area contributed by atoms with E-state index in [1.165, 1.54) is 30.5 Å². The fraction of sp³-hybridized carbons (Fsp3) is 0.462. The van der Waals surface area contributed by atoms with Gasteiger partial charge < -0.3 is 15.1 Å². The molecule has 5 heterocycles. The molecule has 1 amide bonds. The van der Waals surface area contributed by atoms with Gasteiger partial charge in [0.1, 0.15) is 0 Å². The van der Waals surface area contributed by atoms with Crippen molar-refractivity contribution in [2.75, 3.05) is 37.6 Å². The van der Waals surface area contributed by atoms with Crippen LogP contribution in [-0.4, -0.2) is 69.7 Å². The normalized spacial score (nSPS) is 20.5. The molecule has 8 nitrogen and oxygen atoms in total. The quantitative estimate of drug-likeness (QED) is 0.545. The van der Waals surface area contributed by atoms with E-state index in [2.05, 4.69) is 42.5 Å². The minimum atomic E-state index is 0. The number of hydrogen-bond acceptors (Lipinski definition) is 6. The van der Waals surface area contributed by atoms with Crippen LogP contribution in [0.3, 0.4) is 0 Å². The van der Waals surface area contributed by atoms with Gasteiger partial charge in [-0.15, -0.1) is 12.4 Å². The first kappa shape index (κ1) is 23.8. The monoisotopic (exact) mass is 493 g/mol. The van der Waals surface area contributed by atoms with Gasteiger partial charge in [-0.25, -0.2) is 4.98 Å². The summed E-state index contributed by atoms with van der Waals surface area (Å²) in [5.41, 5.74) is 5.32. The molecule has 184 valence electrons. The van der Waals surface area contributed by atoms with Crippen molar-refractivity contribution in [2.45, 2.75) is 44.1 Å². The summed E-state index contributed by atoms with van der Waals surface area (Å²) in [6.07, 6.45) is 15.1. The van der Waals surface area contributed by atoms with Crippen molar-refractivity contribution < 1.29 is 4.79 Å². The van der Waals surface area contributed by atoms with E-state index in [4.69, 9.17) is 0 Å². The molecule has 3 aromatic rings. The Labute approximate surface area is 211 Å². The molecule has 2 aliphatic heterocycles. The lowest BCUT2D eigenvalue weighted by Crippen LogP contribution is -2.50. The largest absolute Gasteiger partial charge is 0.367 e. The Hall–Kier alpha value is -2.97. The number of aromatic nitrogens is 4. The van der Waals surface area contributed by atoms with Gasteiger partial charge in [0.15, 0.2) is 5.65 Å². The first-order valence-corrected chi connectivity index (χ1v) is 12.5. The topological polar surface area (TPSA) is 90.0 Å². The third kappa shape index (κ3) is 5.04. The fourth-order valence-electron chi connectivity index (χ4n) is 5.27. The maximum atomic E-state index is 12.9. The van der Waals surface area contributed by atoms with Crippen LogP contribution in [0.25, 0.3) is 23.2 Å². The first-order valence-electron chi connectivity index (χ1n) is 12.5. The van der Waals surface area contributed by atoms with Crippen LogP contribution in [0.4, 0.5) is 5.69 Å². The summed E-state index contributed by atoms with van der Waals surface area (Å²) in [4.78, 5) is 26.2. The van der Waals surface area contributed by atoms with Crippen molar-refractivity contribution in [2.24, 2.45) is 0 Å². The number of carbonyl (C=O) groups excluding carboxylic acids is 1. The number of rotatable bonds is 6. The lowest BCUT2D eigenvalue weighted by Gasteiger charge is -2.37. The standard InChI is InChI=1S/C26H31N7O.ClH/c34-23(15-20-4-2-10-28-20)32-11-13-33(14-12-32)25-21(19-6-7-19)17-29-26-24(25)22(30-31-26)8-5-18-3-1-9-27-16-18;/h1,3,5,8-9,16-17,19-20,28H,2,4,6-7,10-15H2,(H,29,30,31);1H/b8-5+;/t20-;/m0./s1. The number of nitrogens with zero attached hydrogens (tertiary/aromatic N) is 5. The zero-order valence-corrected chi connectivity index (χ0v) is 20.6. The van der Waals surface area contributed by atoms with Gasteiger partial charge in [0.05, 0.1) is 16.8 Å². The van der Waals surface area contributed by atoms with E-state index < -0.39 is 0 Å². The molecule has 0 radical (unpaired) electrons. The summed E-state index contributed by atoms with van der Waals surface area (Å²) >= 11 is 0. The Morgan fingerprint density at radius 1 is 1.11 bits per heavy atom. The maximum Gasteiger partial charge on any atom is 0.224 e. The van der Waals surface area contributed by atoms with Gasteiger partial charge in [0.25, 0.3) is 0 Å². The van der Waals surface area contributed by atoms with Crippen molar-refractivity contribution >= 4 is 47.2 Å². The van der Waals surface area contributed by atoms with Crippen LogP contribution in [0, 0.1) is 0 Å². The van der Waals surface area contributed by atoms with E-state index in [-0.39, 0.29) is 18.3 Å². The Morgan fingerprint density at radius 3 is 2.69 bits per heavy atom. The molecule has 1 atom stereocenters. The minimum absolute atomic E-state index is 0. The molecule has 9 heteroatoms. The van der Waals surface area contributed by atoms with Gasteiger partial charge in [-0.1, -0.05) is 12.1 Å². The van der Waals surface area contributed by atoms with Crippen LogP contribution in [0.15, 0.2) is 30.7 Å². The summed E-state index contributed by atoms with van der Waals surface area (Å²) in [6.45, 7) is 4.23. The lowest BCUT2D eigenvalue weighted by atomic mass is 10.0. The van der Waals surface area contributed by atoms with E-state index in [0.29, 0.717) is 18.4 Å². The Kier molecular flexibility index (Phi) is 7.02. The molecule has 3 aliphatic rings. The second kappa shape index (κ2) is 10.3. The smallest absolute Gasteiger partial charge is 0.224 e. The zero-order valence-electron chi connectivity index (χ0n) is 19.8. The van der Waals surface area contributed by atoms with Gasteiger partial charge in [-0.3, -0.25) is 14.9 Å². The highest BCUT2D eigenvalue weighted by atomic mass is 35.5. The highest BCUT2D eigenvalue weighted by Crippen LogP contribution is 2.47. The minimum Gasteiger partial charge on any atom is -0.367 e. The highest BCUT2D eigenvalue weighted by Gasteiger charge is 2.33. The number of piperazine rings is 1. The van der Waals surface area contributed by atoms with Crippen LogP contribution in [0.2, 0.25) is 0 Å². The van der Waals surface area contributed by atoms with Gasteiger partial charge in [-0.2, -0.15) is 5.10 Å². The van der Waals surface area contributed by atoms with Crippen LogP contribution >= 0.6 is 12.4 Å². The first-order chi connectivity index (χ1) is 16.8. The number of pyridine rings is 2. The molecular formula is C26H32ClN7O. The molecule has 6 rings (SSSR count). The molecule has 3 fully saturated rings. The van der Waals surface area contributed by atoms with Crippen LogP contribution in [0.5, 0.6) is 0 Å². The number of hydrogen-bond donors (Lipinski definition) is 2. The molecule has 3 aromatic heterocycles. The van der Waals surface area contributed by atoms with Gasteiger partial charge >= 0.3 is 0 Å². The summed E-state index contributed by atoms with van der Waals surface area (Å²) in [7, 11) is 0.